The standard InChI is InChI=1S/C25H26N4O4S.2C2HF3O2/c26-24(27)19-5-3-4-18(12-19)21-14-29(15-22(21)25(30)31)13-16-8-10-17(11-9-16)20-6-1-2-7-23(20)34(28,32)33;2*3-2(4,5)1(6)7/h1-12,21-22H,13-15H2,(H3,26,27)(H,30,31)(H2,28,32,33);2*(H,6,7)/t21-,22+;;/m0../s1. The zero-order valence-electron chi connectivity index (χ0n) is 24.4. The number of likely N-dealkylation sites (tertiary alicyclic amines) is 1. The van der Waals surface area contributed by atoms with Crippen LogP contribution < -0.4 is 10.9 Å². The van der Waals surface area contributed by atoms with Gasteiger partial charge in [0.2, 0.25) is 10.0 Å². The molecule has 0 amide bonds. The molecule has 260 valence electrons. The summed E-state index contributed by atoms with van der Waals surface area (Å²) in [6, 6.07) is 21.3. The van der Waals surface area contributed by atoms with Crippen LogP contribution in [0.5, 0.6) is 0 Å². The van der Waals surface area contributed by atoms with Gasteiger partial charge in [0.05, 0.1) is 10.8 Å². The fraction of sp³-hybridized carbons (Fsp3) is 0.241. The second-order valence-corrected chi connectivity index (χ2v) is 11.7. The van der Waals surface area contributed by atoms with E-state index in [-0.39, 0.29) is 16.6 Å². The first-order chi connectivity index (χ1) is 22.0. The Labute approximate surface area is 268 Å². The molecule has 0 unspecified atom stereocenters. The molecule has 0 spiro atoms. The number of rotatable bonds is 7. The fourth-order valence-electron chi connectivity index (χ4n) is 4.54. The number of carboxylic acids is 3. The Kier molecular flexibility index (Phi) is 12.8. The van der Waals surface area contributed by atoms with E-state index in [4.69, 9.17) is 36.1 Å². The summed E-state index contributed by atoms with van der Waals surface area (Å²) in [6.07, 6.45) is -10.2. The molecular formula is C29H28F6N4O8S. The van der Waals surface area contributed by atoms with Crippen molar-refractivity contribution in [1.82, 2.24) is 4.90 Å². The van der Waals surface area contributed by atoms with Gasteiger partial charge in [-0.05, 0) is 28.8 Å². The third-order valence-corrected chi connectivity index (χ3v) is 7.66. The fourth-order valence-corrected chi connectivity index (χ4v) is 5.30. The number of carboxylic acid groups (broad SMARTS) is 3. The number of aliphatic carboxylic acids is 3. The third-order valence-electron chi connectivity index (χ3n) is 6.69. The number of hydrogen-bond acceptors (Lipinski definition) is 7. The lowest BCUT2D eigenvalue weighted by molar-refractivity contribution is -0.193. The first-order valence-corrected chi connectivity index (χ1v) is 14.8. The number of amidine groups is 1. The summed E-state index contributed by atoms with van der Waals surface area (Å²) in [5, 5.41) is 37.1. The van der Waals surface area contributed by atoms with Crippen molar-refractivity contribution in [2.75, 3.05) is 13.1 Å². The van der Waals surface area contributed by atoms with Gasteiger partial charge in [0.15, 0.2) is 0 Å². The van der Waals surface area contributed by atoms with Gasteiger partial charge in [0.1, 0.15) is 5.84 Å². The normalized spacial score (nSPS) is 16.5. The average Bonchev–Trinajstić information content (AvgIpc) is 3.41. The van der Waals surface area contributed by atoms with Crippen LogP contribution in [-0.2, 0) is 31.0 Å². The molecule has 0 aliphatic carbocycles. The van der Waals surface area contributed by atoms with E-state index >= 15 is 0 Å². The second kappa shape index (κ2) is 15.7. The number of hydrogen-bond donors (Lipinski definition) is 6. The van der Waals surface area contributed by atoms with Crippen molar-refractivity contribution < 1.29 is 64.5 Å². The molecule has 4 rings (SSSR count). The summed E-state index contributed by atoms with van der Waals surface area (Å²) in [5.74, 6) is -7.19. The number of sulfonamides is 1. The summed E-state index contributed by atoms with van der Waals surface area (Å²) in [7, 11) is -3.85. The Balaban J connectivity index is 0.000000479. The van der Waals surface area contributed by atoms with Crippen LogP contribution in [0.25, 0.3) is 11.1 Å². The highest BCUT2D eigenvalue weighted by Gasteiger charge is 2.39. The van der Waals surface area contributed by atoms with Crippen molar-refractivity contribution >= 4 is 33.8 Å². The van der Waals surface area contributed by atoms with Crippen LogP contribution in [0.3, 0.4) is 0 Å². The van der Waals surface area contributed by atoms with Gasteiger partial charge in [-0.1, -0.05) is 60.7 Å². The number of benzene rings is 3. The van der Waals surface area contributed by atoms with Gasteiger partial charge >= 0.3 is 30.3 Å². The van der Waals surface area contributed by atoms with Gasteiger partial charge < -0.3 is 21.1 Å². The van der Waals surface area contributed by atoms with E-state index in [2.05, 4.69) is 4.90 Å². The summed E-state index contributed by atoms with van der Waals surface area (Å²) in [6.45, 7) is 1.53. The zero-order valence-corrected chi connectivity index (χ0v) is 25.2. The number of halogens is 6. The highest BCUT2D eigenvalue weighted by Crippen LogP contribution is 2.34. The summed E-state index contributed by atoms with van der Waals surface area (Å²) >= 11 is 0. The van der Waals surface area contributed by atoms with Crippen molar-refractivity contribution in [2.24, 2.45) is 16.8 Å². The second-order valence-electron chi connectivity index (χ2n) is 10.1. The monoisotopic (exact) mass is 706 g/mol. The molecule has 48 heavy (non-hydrogen) atoms. The van der Waals surface area contributed by atoms with Crippen LogP contribution >= 0.6 is 0 Å². The Morgan fingerprint density at radius 1 is 0.833 bits per heavy atom. The number of nitrogen functional groups attached to an aromatic ring is 1. The lowest BCUT2D eigenvalue weighted by Gasteiger charge is -2.17. The highest BCUT2D eigenvalue weighted by molar-refractivity contribution is 7.89. The van der Waals surface area contributed by atoms with Crippen molar-refractivity contribution in [2.45, 2.75) is 29.7 Å². The first-order valence-electron chi connectivity index (χ1n) is 13.2. The van der Waals surface area contributed by atoms with Gasteiger partial charge in [-0.25, -0.2) is 23.1 Å². The highest BCUT2D eigenvalue weighted by atomic mass is 32.2. The summed E-state index contributed by atoms with van der Waals surface area (Å²) in [4.78, 5) is 31.9. The van der Waals surface area contributed by atoms with Gasteiger partial charge in [0, 0.05) is 36.7 Å². The average molecular weight is 707 g/mol. The minimum atomic E-state index is -5.08. The Bertz CT molecular complexity index is 1730. The molecule has 1 heterocycles. The molecule has 1 fully saturated rings. The Morgan fingerprint density at radius 3 is 1.81 bits per heavy atom. The smallest absolute Gasteiger partial charge is 0.481 e. The quantitative estimate of drug-likeness (QED) is 0.118. The Morgan fingerprint density at radius 2 is 1.35 bits per heavy atom. The summed E-state index contributed by atoms with van der Waals surface area (Å²) in [5.41, 5.74) is 9.30. The van der Waals surface area contributed by atoms with Gasteiger partial charge in [0.25, 0.3) is 0 Å². The molecule has 3 aromatic carbocycles. The van der Waals surface area contributed by atoms with Crippen molar-refractivity contribution in [1.29, 1.82) is 5.41 Å². The molecule has 0 bridgehead atoms. The topological polar surface area (TPSA) is 225 Å². The van der Waals surface area contributed by atoms with Crippen LogP contribution in [0.2, 0.25) is 0 Å². The van der Waals surface area contributed by atoms with Crippen LogP contribution in [-0.4, -0.2) is 77.8 Å². The van der Waals surface area contributed by atoms with Gasteiger partial charge in [-0.3, -0.25) is 15.1 Å². The van der Waals surface area contributed by atoms with Gasteiger partial charge in [-0.15, -0.1) is 0 Å². The van der Waals surface area contributed by atoms with Crippen LogP contribution in [0.1, 0.15) is 22.6 Å². The van der Waals surface area contributed by atoms with Crippen LogP contribution in [0.15, 0.2) is 77.7 Å². The molecule has 0 radical (unpaired) electrons. The molecule has 0 saturated carbocycles. The van der Waals surface area contributed by atoms with E-state index in [1.165, 1.54) is 6.07 Å². The minimum Gasteiger partial charge on any atom is -0.481 e. The molecule has 12 nitrogen and oxygen atoms in total. The molecule has 19 heteroatoms. The number of nitrogens with two attached hydrogens (primary N) is 2. The molecular weight excluding hydrogens is 678 g/mol. The number of alkyl halides is 6. The van der Waals surface area contributed by atoms with Gasteiger partial charge in [-0.2, -0.15) is 26.3 Å². The molecule has 1 aliphatic rings. The van der Waals surface area contributed by atoms with E-state index in [1.54, 1.807) is 36.4 Å². The maximum atomic E-state index is 12.0. The molecule has 1 saturated heterocycles. The van der Waals surface area contributed by atoms with E-state index in [1.807, 2.05) is 30.3 Å². The minimum absolute atomic E-state index is 0.0484. The number of primary sulfonamides is 1. The SMILES string of the molecule is N=C(N)c1cccc([C@@H]2CN(Cc3ccc(-c4ccccc4S(N)(=O)=O)cc3)C[C@H]2C(=O)O)c1.O=C(O)C(F)(F)F.O=C(O)C(F)(F)F. The lowest BCUT2D eigenvalue weighted by Crippen LogP contribution is -2.23. The van der Waals surface area contributed by atoms with E-state index < -0.39 is 46.2 Å². The molecule has 3 aromatic rings. The van der Waals surface area contributed by atoms with Crippen molar-refractivity contribution in [3.8, 4) is 11.1 Å². The molecule has 1 aliphatic heterocycles. The predicted molar refractivity (Wildman–Crippen MR) is 157 cm³/mol. The zero-order chi connectivity index (χ0) is 36.6. The first kappa shape index (κ1) is 39.2. The molecule has 8 N–H and O–H groups in total. The maximum absolute atomic E-state index is 12.0. The van der Waals surface area contributed by atoms with Crippen molar-refractivity contribution in [3.63, 3.8) is 0 Å². The van der Waals surface area contributed by atoms with E-state index in [9.17, 15) is 44.7 Å². The molecule has 0 aromatic heterocycles. The number of carbonyl (C=O) groups is 3. The van der Waals surface area contributed by atoms with Crippen molar-refractivity contribution in [3.05, 3.63) is 89.5 Å². The Hall–Kier alpha value is -5.01. The number of nitrogens with one attached hydrogen (secondary N) is 1. The predicted octanol–water partition coefficient (Wildman–Crippen LogP) is 3.85. The van der Waals surface area contributed by atoms with Crippen LogP contribution in [0.4, 0.5) is 26.3 Å². The molecule has 2 atom stereocenters. The van der Waals surface area contributed by atoms with E-state index in [0.29, 0.717) is 30.8 Å². The largest absolute Gasteiger partial charge is 0.490 e. The van der Waals surface area contributed by atoms with E-state index in [0.717, 1.165) is 16.7 Å². The lowest BCUT2D eigenvalue weighted by atomic mass is 9.88. The summed E-state index contributed by atoms with van der Waals surface area (Å²) < 4.78 is 87.3. The number of nitrogens with zero attached hydrogens (tertiary/aromatic N) is 1. The maximum Gasteiger partial charge on any atom is 0.490 e. The third kappa shape index (κ3) is 11.4. The van der Waals surface area contributed by atoms with Crippen LogP contribution in [0, 0.1) is 11.3 Å².